The summed E-state index contributed by atoms with van der Waals surface area (Å²) in [5.74, 6) is 0.0237. The Bertz CT molecular complexity index is 591. The number of Topliss-reactive ketones (excluding diaryl/α,β-unsaturated/α-hetero) is 1. The van der Waals surface area contributed by atoms with Crippen molar-refractivity contribution in [2.75, 3.05) is 0 Å². The Kier molecular flexibility index (Phi) is 4.89. The van der Waals surface area contributed by atoms with Gasteiger partial charge in [0.15, 0.2) is 5.78 Å². The van der Waals surface area contributed by atoms with E-state index in [0.29, 0.717) is 14.9 Å². The number of rotatable bonds is 3. The van der Waals surface area contributed by atoms with E-state index in [1.807, 2.05) is 0 Å². The van der Waals surface area contributed by atoms with E-state index in [2.05, 4.69) is 31.9 Å². The number of halogens is 4. The summed E-state index contributed by atoms with van der Waals surface area (Å²) in [6.07, 6.45) is 0.249. The lowest BCUT2D eigenvalue weighted by atomic mass is 10.1. The van der Waals surface area contributed by atoms with Crippen LogP contribution >= 0.6 is 66.4 Å². The summed E-state index contributed by atoms with van der Waals surface area (Å²) in [6, 6.07) is 6.93. The molecule has 1 nitrogen and oxygen atoms in total. The van der Waals surface area contributed by atoms with Crippen LogP contribution in [0.2, 0.25) is 10.0 Å². The molecule has 0 fully saturated rings. The van der Waals surface area contributed by atoms with Crippen molar-refractivity contribution in [2.24, 2.45) is 0 Å². The monoisotopic (exact) mass is 426 g/mol. The maximum absolute atomic E-state index is 12.1. The fourth-order valence-electron chi connectivity index (χ4n) is 1.42. The highest BCUT2D eigenvalue weighted by molar-refractivity contribution is 9.13. The Morgan fingerprint density at radius 1 is 1.22 bits per heavy atom. The molecule has 0 atom stereocenters. The molecule has 18 heavy (non-hydrogen) atoms. The zero-order chi connectivity index (χ0) is 13.3. The highest BCUT2D eigenvalue weighted by Gasteiger charge is 2.14. The van der Waals surface area contributed by atoms with Crippen LogP contribution in [0.1, 0.15) is 15.2 Å². The molecule has 2 rings (SSSR count). The van der Waals surface area contributed by atoms with E-state index >= 15 is 0 Å². The average Bonchev–Trinajstić information content (AvgIpc) is 2.64. The molecule has 0 N–H and O–H groups in total. The molecule has 2 aromatic rings. The number of thiophene rings is 1. The lowest BCUT2D eigenvalue weighted by molar-refractivity contribution is 0.0997. The van der Waals surface area contributed by atoms with Gasteiger partial charge in [-0.05, 0) is 61.7 Å². The summed E-state index contributed by atoms with van der Waals surface area (Å²) in [5, 5.41) is 1.14. The molecule has 0 aliphatic heterocycles. The van der Waals surface area contributed by atoms with Crippen LogP contribution in [0.4, 0.5) is 0 Å². The number of hydrogen-bond acceptors (Lipinski definition) is 2. The predicted molar refractivity (Wildman–Crippen MR) is 84.2 cm³/mol. The van der Waals surface area contributed by atoms with Gasteiger partial charge in [-0.3, -0.25) is 4.79 Å². The van der Waals surface area contributed by atoms with Gasteiger partial charge >= 0.3 is 0 Å². The van der Waals surface area contributed by atoms with Crippen LogP contribution in [-0.2, 0) is 6.42 Å². The average molecular weight is 429 g/mol. The summed E-state index contributed by atoms with van der Waals surface area (Å²) in [4.78, 5) is 12.8. The van der Waals surface area contributed by atoms with Crippen molar-refractivity contribution >= 4 is 72.2 Å². The second-order valence-electron chi connectivity index (χ2n) is 3.57. The normalized spacial score (nSPS) is 10.7. The van der Waals surface area contributed by atoms with Crippen LogP contribution in [0.25, 0.3) is 0 Å². The molecule has 0 saturated heterocycles. The molecular weight excluding hydrogens is 423 g/mol. The van der Waals surface area contributed by atoms with Crippen LogP contribution in [-0.4, -0.2) is 5.78 Å². The van der Waals surface area contributed by atoms with Gasteiger partial charge in [0.2, 0.25) is 0 Å². The summed E-state index contributed by atoms with van der Waals surface area (Å²) in [7, 11) is 0. The van der Waals surface area contributed by atoms with Crippen LogP contribution in [0, 0.1) is 0 Å². The third kappa shape index (κ3) is 3.36. The summed E-state index contributed by atoms with van der Waals surface area (Å²) < 4.78 is 1.79. The van der Waals surface area contributed by atoms with Crippen LogP contribution in [0.15, 0.2) is 32.5 Å². The molecule has 6 heteroatoms. The first-order chi connectivity index (χ1) is 8.47. The Labute approximate surface area is 135 Å². The topological polar surface area (TPSA) is 17.1 Å². The van der Waals surface area contributed by atoms with Gasteiger partial charge in [-0.2, -0.15) is 0 Å². The fraction of sp³-hybridized carbons (Fsp3) is 0.0833. The van der Waals surface area contributed by atoms with Crippen molar-refractivity contribution < 1.29 is 4.79 Å². The Balaban J connectivity index is 2.23. The van der Waals surface area contributed by atoms with Gasteiger partial charge in [0.25, 0.3) is 0 Å². The molecule has 0 spiro atoms. The lowest BCUT2D eigenvalue weighted by Crippen LogP contribution is -2.01. The maximum atomic E-state index is 12.1. The van der Waals surface area contributed by atoms with Crippen LogP contribution in [0.3, 0.4) is 0 Å². The standard InChI is InChI=1S/C12H6Br2Cl2OS/c13-8-5-11(18-12(8)14)10(17)4-6-3-7(15)1-2-9(6)16/h1-3,5H,4H2. The van der Waals surface area contributed by atoms with Crippen molar-refractivity contribution in [2.45, 2.75) is 6.42 Å². The van der Waals surface area contributed by atoms with E-state index in [4.69, 9.17) is 23.2 Å². The minimum Gasteiger partial charge on any atom is -0.293 e. The molecule has 1 heterocycles. The first kappa shape index (κ1) is 14.5. The number of benzene rings is 1. The molecule has 0 aliphatic carbocycles. The SMILES string of the molecule is O=C(Cc1cc(Cl)ccc1Cl)c1cc(Br)c(Br)s1. The van der Waals surface area contributed by atoms with Crippen LogP contribution in [0.5, 0.6) is 0 Å². The minimum atomic E-state index is 0.0237. The molecule has 0 radical (unpaired) electrons. The van der Waals surface area contributed by atoms with Crippen molar-refractivity contribution in [1.29, 1.82) is 0 Å². The van der Waals surface area contributed by atoms with Crippen molar-refractivity contribution in [3.05, 3.63) is 53.0 Å². The predicted octanol–water partition coefficient (Wildman–Crippen LogP) is 6.01. The fourth-order valence-corrected chi connectivity index (χ4v) is 3.78. The smallest absolute Gasteiger partial charge is 0.177 e. The van der Waals surface area contributed by atoms with E-state index in [1.165, 1.54) is 11.3 Å². The van der Waals surface area contributed by atoms with Gasteiger partial charge in [-0.25, -0.2) is 0 Å². The van der Waals surface area contributed by atoms with E-state index in [0.717, 1.165) is 13.8 Å². The number of ketones is 1. The highest BCUT2D eigenvalue weighted by Crippen LogP contribution is 2.33. The molecule has 1 aromatic heterocycles. The van der Waals surface area contributed by atoms with Crippen molar-refractivity contribution in [3.8, 4) is 0 Å². The Hall–Kier alpha value is 0.130. The molecule has 0 saturated carbocycles. The molecule has 0 unspecified atom stereocenters. The zero-order valence-corrected chi connectivity index (χ0v) is 14.3. The minimum absolute atomic E-state index is 0.0237. The number of carbonyl (C=O) groups is 1. The quantitative estimate of drug-likeness (QED) is 0.547. The maximum Gasteiger partial charge on any atom is 0.177 e. The van der Waals surface area contributed by atoms with E-state index in [9.17, 15) is 4.79 Å². The van der Waals surface area contributed by atoms with Gasteiger partial charge in [0.1, 0.15) is 0 Å². The van der Waals surface area contributed by atoms with E-state index < -0.39 is 0 Å². The third-order valence-corrected chi connectivity index (χ3v) is 6.18. The van der Waals surface area contributed by atoms with E-state index in [1.54, 1.807) is 24.3 Å². The largest absolute Gasteiger partial charge is 0.293 e. The second kappa shape index (κ2) is 6.06. The summed E-state index contributed by atoms with van der Waals surface area (Å²) in [6.45, 7) is 0. The summed E-state index contributed by atoms with van der Waals surface area (Å²) >= 11 is 20.1. The van der Waals surface area contributed by atoms with Gasteiger partial charge in [-0.1, -0.05) is 23.2 Å². The van der Waals surface area contributed by atoms with Gasteiger partial charge in [0, 0.05) is 20.9 Å². The van der Waals surface area contributed by atoms with Crippen LogP contribution < -0.4 is 0 Å². The Morgan fingerprint density at radius 2 is 1.94 bits per heavy atom. The molecular formula is C12H6Br2Cl2OS. The second-order valence-corrected chi connectivity index (χ2v) is 7.64. The number of carbonyl (C=O) groups excluding carboxylic acids is 1. The molecule has 94 valence electrons. The number of hydrogen-bond donors (Lipinski definition) is 0. The first-order valence-electron chi connectivity index (χ1n) is 4.89. The van der Waals surface area contributed by atoms with Gasteiger partial charge < -0.3 is 0 Å². The molecule has 0 amide bonds. The zero-order valence-electron chi connectivity index (χ0n) is 8.84. The first-order valence-corrected chi connectivity index (χ1v) is 8.05. The molecule has 1 aromatic carbocycles. The summed E-state index contributed by atoms with van der Waals surface area (Å²) in [5.41, 5.74) is 0.745. The van der Waals surface area contributed by atoms with Crippen molar-refractivity contribution in [3.63, 3.8) is 0 Å². The Morgan fingerprint density at radius 3 is 2.56 bits per heavy atom. The molecule has 0 aliphatic rings. The third-order valence-electron chi connectivity index (χ3n) is 2.28. The molecule has 0 bridgehead atoms. The highest BCUT2D eigenvalue weighted by atomic mass is 79.9. The van der Waals surface area contributed by atoms with Crippen molar-refractivity contribution in [1.82, 2.24) is 0 Å². The van der Waals surface area contributed by atoms with Gasteiger partial charge in [0.05, 0.1) is 8.66 Å². The van der Waals surface area contributed by atoms with Gasteiger partial charge in [-0.15, -0.1) is 11.3 Å². The van der Waals surface area contributed by atoms with E-state index in [-0.39, 0.29) is 12.2 Å². The lowest BCUT2D eigenvalue weighted by Gasteiger charge is -2.03.